The molecule has 2 aromatic rings. The van der Waals surface area contributed by atoms with Crippen LogP contribution in [0.1, 0.15) is 68.4 Å². The number of amides is 1. The predicted octanol–water partition coefficient (Wildman–Crippen LogP) is 4.13. The van der Waals surface area contributed by atoms with Gasteiger partial charge in [0.1, 0.15) is 0 Å². The molecule has 5 N–H and O–H groups in total. The number of carboxylic acids is 1. The fraction of sp³-hybridized carbons (Fsp3) is 0.533. The van der Waals surface area contributed by atoms with Crippen LogP contribution < -0.4 is 16.6 Å². The van der Waals surface area contributed by atoms with Crippen LogP contribution in [0.5, 0.6) is 0 Å². The molecule has 3 rings (SSSR count). The monoisotopic (exact) mass is 523 g/mol. The Morgan fingerprint density at radius 3 is 2.42 bits per heavy atom. The summed E-state index contributed by atoms with van der Waals surface area (Å²) in [4.78, 5) is 29.6. The molecular formula is C30H45N5O3. The van der Waals surface area contributed by atoms with Crippen molar-refractivity contribution in [3.05, 3.63) is 58.1 Å². The molecule has 1 unspecified atom stereocenters. The second kappa shape index (κ2) is 10.9. The van der Waals surface area contributed by atoms with E-state index in [9.17, 15) is 14.7 Å². The van der Waals surface area contributed by atoms with Gasteiger partial charge in [0.15, 0.2) is 0 Å². The number of nitrogens with zero attached hydrogens (tertiary/aromatic N) is 3. The van der Waals surface area contributed by atoms with Crippen LogP contribution in [0.2, 0.25) is 0 Å². The molecule has 8 nitrogen and oxygen atoms in total. The maximum Gasteiger partial charge on any atom is 0.310 e. The first-order valence-electron chi connectivity index (χ1n) is 13.3. The number of hydrogen-bond acceptors (Lipinski definition) is 6. The van der Waals surface area contributed by atoms with Gasteiger partial charge in [0.05, 0.1) is 23.3 Å². The van der Waals surface area contributed by atoms with E-state index in [2.05, 4.69) is 37.8 Å². The van der Waals surface area contributed by atoms with Gasteiger partial charge in [-0.2, -0.15) is 0 Å². The number of rotatable bonds is 8. The van der Waals surface area contributed by atoms with Gasteiger partial charge in [-0.1, -0.05) is 38.1 Å². The predicted molar refractivity (Wildman–Crippen MR) is 154 cm³/mol. The van der Waals surface area contributed by atoms with Crippen molar-refractivity contribution in [3.8, 4) is 0 Å². The van der Waals surface area contributed by atoms with Gasteiger partial charge in [-0.3, -0.25) is 14.5 Å². The van der Waals surface area contributed by atoms with Gasteiger partial charge < -0.3 is 20.7 Å². The van der Waals surface area contributed by atoms with E-state index in [1.54, 1.807) is 20.9 Å². The number of nitrogen functional groups attached to an aromatic ring is 1. The van der Waals surface area contributed by atoms with Crippen molar-refractivity contribution < 1.29 is 14.7 Å². The third-order valence-corrected chi connectivity index (χ3v) is 7.96. The molecule has 0 bridgehead atoms. The van der Waals surface area contributed by atoms with Crippen molar-refractivity contribution in [2.24, 2.45) is 16.7 Å². The summed E-state index contributed by atoms with van der Waals surface area (Å²) in [6, 6.07) is 9.97. The Morgan fingerprint density at radius 2 is 1.84 bits per heavy atom. The van der Waals surface area contributed by atoms with Crippen molar-refractivity contribution in [3.63, 3.8) is 0 Å². The van der Waals surface area contributed by atoms with E-state index in [-0.39, 0.29) is 11.3 Å². The first-order valence-corrected chi connectivity index (χ1v) is 13.3. The van der Waals surface area contributed by atoms with Crippen LogP contribution in [0, 0.1) is 24.7 Å². The summed E-state index contributed by atoms with van der Waals surface area (Å²) in [7, 11) is 1.73. The molecule has 1 amide bonds. The lowest BCUT2D eigenvalue weighted by Gasteiger charge is -2.34. The molecule has 0 radical (unpaired) electrons. The summed E-state index contributed by atoms with van der Waals surface area (Å²) in [5, 5.41) is 11.7. The zero-order valence-electron chi connectivity index (χ0n) is 24.3. The highest BCUT2D eigenvalue weighted by Crippen LogP contribution is 2.45. The molecule has 1 fully saturated rings. The Balaban J connectivity index is 2.09. The van der Waals surface area contributed by atoms with Gasteiger partial charge in [-0.05, 0) is 73.9 Å². The number of aliphatic carboxylic acids is 1. The average molecular weight is 524 g/mol. The van der Waals surface area contributed by atoms with Crippen LogP contribution in [-0.4, -0.2) is 60.0 Å². The SMILES string of the molecule is CCN1CC(C)(C)CN(Cc2cc(C(c3ccc(N(C)N)c(N)c3C)C(C)(C)C(=O)O)ccc2C)CC1=O. The third kappa shape index (κ3) is 5.97. The van der Waals surface area contributed by atoms with E-state index < -0.39 is 17.3 Å². The summed E-state index contributed by atoms with van der Waals surface area (Å²) >= 11 is 0. The fourth-order valence-corrected chi connectivity index (χ4v) is 5.75. The third-order valence-electron chi connectivity index (χ3n) is 7.96. The first kappa shape index (κ1) is 29.5. The molecule has 38 heavy (non-hydrogen) atoms. The molecule has 2 aromatic carbocycles. The number of carboxylic acid groups (broad SMARTS) is 1. The number of carbonyl (C=O) groups excluding carboxylic acids is 1. The van der Waals surface area contributed by atoms with Crippen molar-refractivity contribution in [1.82, 2.24) is 9.80 Å². The highest BCUT2D eigenvalue weighted by molar-refractivity contribution is 5.79. The average Bonchev–Trinajstić information content (AvgIpc) is 2.92. The van der Waals surface area contributed by atoms with E-state index in [4.69, 9.17) is 11.6 Å². The fourth-order valence-electron chi connectivity index (χ4n) is 5.75. The molecule has 1 aliphatic rings. The zero-order valence-corrected chi connectivity index (χ0v) is 24.3. The molecule has 1 aliphatic heterocycles. The molecule has 208 valence electrons. The molecule has 1 heterocycles. The Bertz CT molecular complexity index is 1200. The number of anilines is 2. The van der Waals surface area contributed by atoms with Crippen molar-refractivity contribution >= 4 is 23.3 Å². The molecule has 0 aliphatic carbocycles. The number of hydrazine groups is 1. The summed E-state index contributed by atoms with van der Waals surface area (Å²) in [5.41, 5.74) is 11.3. The van der Waals surface area contributed by atoms with Crippen LogP contribution in [0.3, 0.4) is 0 Å². The Labute approximate surface area is 227 Å². The maximum absolute atomic E-state index is 12.9. The Hall–Kier alpha value is -3.10. The van der Waals surface area contributed by atoms with E-state index in [0.29, 0.717) is 31.0 Å². The number of benzene rings is 2. The quantitative estimate of drug-likeness (QED) is 0.271. The molecule has 1 atom stereocenters. The van der Waals surface area contributed by atoms with Crippen LogP contribution in [0.15, 0.2) is 30.3 Å². The highest BCUT2D eigenvalue weighted by atomic mass is 16.4. The molecular weight excluding hydrogens is 478 g/mol. The minimum absolute atomic E-state index is 0.0337. The lowest BCUT2D eigenvalue weighted by Crippen LogP contribution is -2.37. The number of carbonyl (C=O) groups is 2. The highest BCUT2D eigenvalue weighted by Gasteiger charge is 2.40. The van der Waals surface area contributed by atoms with Crippen LogP contribution in [-0.2, 0) is 16.1 Å². The maximum atomic E-state index is 12.9. The minimum atomic E-state index is -1.11. The molecule has 1 saturated heterocycles. The number of likely N-dealkylation sites (N-methyl/N-ethyl adjacent to an activating group) is 1. The van der Waals surface area contributed by atoms with Crippen molar-refractivity contribution in [1.29, 1.82) is 0 Å². The van der Waals surface area contributed by atoms with Crippen molar-refractivity contribution in [2.45, 2.75) is 60.9 Å². The Kier molecular flexibility index (Phi) is 8.48. The zero-order chi connectivity index (χ0) is 28.6. The van der Waals surface area contributed by atoms with Crippen LogP contribution in [0.25, 0.3) is 0 Å². The van der Waals surface area contributed by atoms with Gasteiger partial charge in [0.2, 0.25) is 5.91 Å². The van der Waals surface area contributed by atoms with E-state index >= 15 is 0 Å². The van der Waals surface area contributed by atoms with E-state index in [0.717, 1.165) is 40.9 Å². The van der Waals surface area contributed by atoms with Gasteiger partial charge in [-0.15, -0.1) is 0 Å². The first-order chi connectivity index (χ1) is 17.6. The van der Waals surface area contributed by atoms with Gasteiger partial charge >= 0.3 is 5.97 Å². The number of hydrogen-bond donors (Lipinski definition) is 3. The lowest BCUT2D eigenvalue weighted by atomic mass is 9.69. The summed E-state index contributed by atoms with van der Waals surface area (Å²) < 4.78 is 0. The van der Waals surface area contributed by atoms with Crippen LogP contribution >= 0.6 is 0 Å². The molecule has 0 aromatic heterocycles. The Morgan fingerprint density at radius 1 is 1.18 bits per heavy atom. The number of aryl methyl sites for hydroxylation is 1. The van der Waals surface area contributed by atoms with E-state index in [1.807, 2.05) is 36.9 Å². The van der Waals surface area contributed by atoms with E-state index in [1.165, 1.54) is 5.01 Å². The van der Waals surface area contributed by atoms with Crippen LogP contribution in [0.4, 0.5) is 11.4 Å². The standard InChI is InChI=1S/C30H45N5O3/c1-9-35-18-29(4,5)17-34(16-25(35)36)15-22-14-21(11-10-19(22)2)26(30(6,7)28(37)38)23-12-13-24(33(8)32)27(31)20(23)3/h10-14,26H,9,15-18,31-32H2,1-8H3,(H,37,38). The van der Waals surface area contributed by atoms with Gasteiger partial charge in [0.25, 0.3) is 0 Å². The van der Waals surface area contributed by atoms with Gasteiger partial charge in [0, 0.05) is 39.1 Å². The van der Waals surface area contributed by atoms with Crippen molar-refractivity contribution in [2.75, 3.05) is 44.0 Å². The summed E-state index contributed by atoms with van der Waals surface area (Å²) in [6.07, 6.45) is 0. The summed E-state index contributed by atoms with van der Waals surface area (Å²) in [5.74, 6) is 4.78. The topological polar surface area (TPSA) is 116 Å². The minimum Gasteiger partial charge on any atom is -0.481 e. The second-order valence-electron chi connectivity index (χ2n) is 12.2. The second-order valence-corrected chi connectivity index (χ2v) is 12.2. The normalized spacial score (nSPS) is 17.3. The molecule has 8 heteroatoms. The largest absolute Gasteiger partial charge is 0.481 e. The molecule has 0 saturated carbocycles. The summed E-state index contributed by atoms with van der Waals surface area (Å²) in [6.45, 7) is 17.1. The number of nitrogens with two attached hydrogens (primary N) is 2. The van der Waals surface area contributed by atoms with Gasteiger partial charge in [-0.25, -0.2) is 5.84 Å². The smallest absolute Gasteiger partial charge is 0.310 e. The molecule has 0 spiro atoms. The lowest BCUT2D eigenvalue weighted by molar-refractivity contribution is -0.147.